The van der Waals surface area contributed by atoms with Gasteiger partial charge in [-0.2, -0.15) is 5.10 Å². The van der Waals surface area contributed by atoms with Crippen molar-refractivity contribution in [3.63, 3.8) is 0 Å². The first-order valence-electron chi connectivity index (χ1n) is 6.48. The van der Waals surface area contributed by atoms with Crippen LogP contribution in [0.2, 0.25) is 0 Å². The van der Waals surface area contributed by atoms with Gasteiger partial charge in [0.1, 0.15) is 0 Å². The Kier molecular flexibility index (Phi) is 3.36. The summed E-state index contributed by atoms with van der Waals surface area (Å²) in [5.41, 5.74) is 2.36. The van der Waals surface area contributed by atoms with Crippen LogP contribution in [-0.2, 0) is 6.54 Å². The van der Waals surface area contributed by atoms with E-state index in [1.54, 1.807) is 11.3 Å². The van der Waals surface area contributed by atoms with Gasteiger partial charge in [-0.15, -0.1) is 11.3 Å². The number of benzene rings is 1. The van der Waals surface area contributed by atoms with Crippen molar-refractivity contribution in [2.24, 2.45) is 0 Å². The van der Waals surface area contributed by atoms with Gasteiger partial charge in [-0.05, 0) is 17.5 Å². The zero-order valence-corrected chi connectivity index (χ0v) is 11.9. The van der Waals surface area contributed by atoms with E-state index in [1.807, 2.05) is 6.20 Å². The molecule has 0 amide bonds. The van der Waals surface area contributed by atoms with E-state index in [9.17, 15) is 0 Å². The first-order valence-corrected chi connectivity index (χ1v) is 7.30. The van der Waals surface area contributed by atoms with Crippen LogP contribution in [0.15, 0.2) is 36.5 Å². The number of hydrogen-bond acceptors (Lipinski definition) is 3. The Morgan fingerprint density at radius 1 is 1.32 bits per heavy atom. The van der Waals surface area contributed by atoms with Crippen molar-refractivity contribution in [1.29, 1.82) is 0 Å². The van der Waals surface area contributed by atoms with Crippen molar-refractivity contribution >= 4 is 21.4 Å². The van der Waals surface area contributed by atoms with Gasteiger partial charge in [0, 0.05) is 22.8 Å². The Morgan fingerprint density at radius 2 is 2.16 bits per heavy atom. The van der Waals surface area contributed by atoms with Crippen LogP contribution in [0.5, 0.6) is 0 Å². The average molecular weight is 271 g/mol. The molecule has 0 spiro atoms. The topological polar surface area (TPSA) is 40.7 Å². The predicted molar refractivity (Wildman–Crippen MR) is 81.4 cm³/mol. The van der Waals surface area contributed by atoms with E-state index >= 15 is 0 Å². The number of thiophene rings is 1. The summed E-state index contributed by atoms with van der Waals surface area (Å²) in [5, 5.41) is 12.0. The van der Waals surface area contributed by atoms with Crippen molar-refractivity contribution < 1.29 is 0 Å². The van der Waals surface area contributed by atoms with Crippen LogP contribution < -0.4 is 5.32 Å². The molecule has 1 aromatic carbocycles. The zero-order chi connectivity index (χ0) is 13.2. The van der Waals surface area contributed by atoms with Gasteiger partial charge in [-0.1, -0.05) is 32.0 Å². The molecular formula is C15H17N3S. The molecule has 2 heterocycles. The van der Waals surface area contributed by atoms with Crippen LogP contribution in [0.4, 0.5) is 0 Å². The molecule has 3 rings (SSSR count). The van der Waals surface area contributed by atoms with E-state index in [-0.39, 0.29) is 0 Å². The number of H-pyrrole nitrogens is 1. The van der Waals surface area contributed by atoms with Gasteiger partial charge in [-0.3, -0.25) is 5.10 Å². The minimum atomic E-state index is 0.477. The molecule has 0 bridgehead atoms. The summed E-state index contributed by atoms with van der Waals surface area (Å²) in [6.45, 7) is 5.15. The number of aromatic amines is 1. The summed E-state index contributed by atoms with van der Waals surface area (Å²) in [5.74, 6) is 0. The lowest BCUT2D eigenvalue weighted by atomic mass is 10.2. The summed E-state index contributed by atoms with van der Waals surface area (Å²) in [6.07, 6.45) is 1.91. The maximum absolute atomic E-state index is 4.19. The van der Waals surface area contributed by atoms with Crippen molar-refractivity contribution in [2.45, 2.75) is 26.4 Å². The highest BCUT2D eigenvalue weighted by atomic mass is 32.1. The maximum atomic E-state index is 4.19. The largest absolute Gasteiger partial charge is 0.310 e. The van der Waals surface area contributed by atoms with Crippen LogP contribution in [0.3, 0.4) is 0 Å². The highest BCUT2D eigenvalue weighted by Gasteiger charge is 2.11. The monoisotopic (exact) mass is 271 g/mol. The second-order valence-electron chi connectivity index (χ2n) is 4.95. The summed E-state index contributed by atoms with van der Waals surface area (Å²) in [4.78, 5) is 1.25. The first-order chi connectivity index (χ1) is 9.24. The molecule has 0 aliphatic carbocycles. The Labute approximate surface area is 116 Å². The molecule has 0 saturated carbocycles. The Bertz CT molecular complexity index is 648. The van der Waals surface area contributed by atoms with Gasteiger partial charge in [-0.25, -0.2) is 0 Å². The molecule has 0 radical (unpaired) electrons. The number of fused-ring (bicyclic) bond motifs is 1. The SMILES string of the molecule is CC(C)NCc1cn[nH]c1-c1cc2ccccc2s1. The fourth-order valence-corrected chi connectivity index (χ4v) is 3.17. The smallest absolute Gasteiger partial charge is 0.0795 e. The highest BCUT2D eigenvalue weighted by Crippen LogP contribution is 2.33. The molecule has 4 heteroatoms. The summed E-state index contributed by atoms with van der Waals surface area (Å²) in [7, 11) is 0. The number of hydrogen-bond donors (Lipinski definition) is 2. The van der Waals surface area contributed by atoms with E-state index in [4.69, 9.17) is 0 Å². The molecular weight excluding hydrogens is 254 g/mol. The second-order valence-corrected chi connectivity index (χ2v) is 6.04. The molecule has 2 aromatic heterocycles. The molecule has 0 aliphatic rings. The van der Waals surface area contributed by atoms with Gasteiger partial charge in [0.25, 0.3) is 0 Å². The van der Waals surface area contributed by atoms with Crippen LogP contribution in [0.25, 0.3) is 20.7 Å². The van der Waals surface area contributed by atoms with Crippen LogP contribution in [-0.4, -0.2) is 16.2 Å². The van der Waals surface area contributed by atoms with Crippen LogP contribution in [0.1, 0.15) is 19.4 Å². The molecule has 19 heavy (non-hydrogen) atoms. The van der Waals surface area contributed by atoms with E-state index in [1.165, 1.54) is 20.5 Å². The third kappa shape index (κ3) is 2.55. The molecule has 3 aromatic rings. The van der Waals surface area contributed by atoms with Gasteiger partial charge < -0.3 is 5.32 Å². The molecule has 98 valence electrons. The Balaban J connectivity index is 1.95. The number of aromatic nitrogens is 2. The predicted octanol–water partition coefficient (Wildman–Crippen LogP) is 3.79. The molecule has 3 nitrogen and oxygen atoms in total. The fraction of sp³-hybridized carbons (Fsp3) is 0.267. The summed E-state index contributed by atoms with van der Waals surface area (Å²) >= 11 is 1.80. The second kappa shape index (κ2) is 5.15. The minimum absolute atomic E-state index is 0.477. The number of nitrogens with one attached hydrogen (secondary N) is 2. The summed E-state index contributed by atoms with van der Waals surface area (Å²) in [6, 6.07) is 11.2. The standard InChI is InChI=1S/C15H17N3S/c1-10(2)16-8-12-9-17-18-15(12)14-7-11-5-3-4-6-13(11)19-14/h3-7,9-10,16H,8H2,1-2H3,(H,17,18). The Hall–Kier alpha value is -1.65. The Morgan fingerprint density at radius 3 is 2.95 bits per heavy atom. The molecule has 2 N–H and O–H groups in total. The summed E-state index contributed by atoms with van der Waals surface area (Å²) < 4.78 is 1.31. The van der Waals surface area contributed by atoms with E-state index in [2.05, 4.69) is 59.7 Å². The van der Waals surface area contributed by atoms with Gasteiger partial charge in [0.15, 0.2) is 0 Å². The van der Waals surface area contributed by atoms with Crippen molar-refractivity contribution in [1.82, 2.24) is 15.5 Å². The van der Waals surface area contributed by atoms with E-state index in [0.717, 1.165) is 12.2 Å². The fourth-order valence-electron chi connectivity index (χ4n) is 2.08. The molecule has 0 aliphatic heterocycles. The van der Waals surface area contributed by atoms with E-state index in [0.29, 0.717) is 6.04 Å². The van der Waals surface area contributed by atoms with Crippen molar-refractivity contribution in [2.75, 3.05) is 0 Å². The van der Waals surface area contributed by atoms with Crippen molar-refractivity contribution in [3.8, 4) is 10.6 Å². The van der Waals surface area contributed by atoms with E-state index < -0.39 is 0 Å². The lowest BCUT2D eigenvalue weighted by molar-refractivity contribution is 0.589. The first kappa shape index (κ1) is 12.4. The number of nitrogens with zero attached hydrogens (tertiary/aromatic N) is 1. The van der Waals surface area contributed by atoms with Crippen LogP contribution in [0, 0.1) is 0 Å². The third-order valence-corrected chi connectivity index (χ3v) is 4.22. The third-order valence-electron chi connectivity index (χ3n) is 3.09. The van der Waals surface area contributed by atoms with Crippen molar-refractivity contribution in [3.05, 3.63) is 42.1 Å². The quantitative estimate of drug-likeness (QED) is 0.758. The van der Waals surface area contributed by atoms with Crippen LogP contribution >= 0.6 is 11.3 Å². The lowest BCUT2D eigenvalue weighted by Crippen LogP contribution is -2.21. The number of rotatable bonds is 4. The molecule has 0 unspecified atom stereocenters. The normalized spacial score (nSPS) is 11.5. The molecule has 0 fully saturated rings. The highest BCUT2D eigenvalue weighted by molar-refractivity contribution is 7.22. The zero-order valence-electron chi connectivity index (χ0n) is 11.1. The maximum Gasteiger partial charge on any atom is 0.0795 e. The van der Waals surface area contributed by atoms with Gasteiger partial charge in [0.05, 0.1) is 16.8 Å². The van der Waals surface area contributed by atoms with Gasteiger partial charge in [0.2, 0.25) is 0 Å². The average Bonchev–Trinajstić information content (AvgIpc) is 3.02. The van der Waals surface area contributed by atoms with Gasteiger partial charge >= 0.3 is 0 Å². The minimum Gasteiger partial charge on any atom is -0.310 e. The molecule has 0 saturated heterocycles. The molecule has 0 atom stereocenters. The lowest BCUT2D eigenvalue weighted by Gasteiger charge is -2.07.